The average Bonchev–Trinajstić information content (AvgIpc) is 2.95. The number of nitrogens with zero attached hydrogens (tertiary/aromatic N) is 3. The van der Waals surface area contributed by atoms with Crippen molar-refractivity contribution < 1.29 is 5.11 Å². The van der Waals surface area contributed by atoms with Crippen molar-refractivity contribution in [3.05, 3.63) is 38.8 Å². The molecule has 7 heteroatoms. The second-order valence-corrected chi connectivity index (χ2v) is 7.55. The number of halogens is 1. The Bertz CT molecular complexity index is 777. The lowest BCUT2D eigenvalue weighted by Crippen LogP contribution is -2.09. The van der Waals surface area contributed by atoms with E-state index in [2.05, 4.69) is 31.2 Å². The first-order valence-corrected chi connectivity index (χ1v) is 9.53. The number of aromatic hydroxyl groups is 1. The Morgan fingerprint density at radius 3 is 2.96 bits per heavy atom. The van der Waals surface area contributed by atoms with Gasteiger partial charge in [0.25, 0.3) is 0 Å². The number of hydrogen-bond donors (Lipinski definition) is 2. The summed E-state index contributed by atoms with van der Waals surface area (Å²) in [5.41, 5.74) is 0.630. The van der Waals surface area contributed by atoms with Crippen LogP contribution in [0.2, 0.25) is 0 Å². The highest BCUT2D eigenvalue weighted by Gasteiger charge is 2.15. The van der Waals surface area contributed by atoms with Gasteiger partial charge in [-0.1, -0.05) is 48.0 Å². The highest BCUT2D eigenvalue weighted by molar-refractivity contribution is 9.10. The van der Waals surface area contributed by atoms with Crippen LogP contribution in [0.4, 0.5) is 0 Å². The van der Waals surface area contributed by atoms with Gasteiger partial charge in [0.15, 0.2) is 5.82 Å². The van der Waals surface area contributed by atoms with Gasteiger partial charge in [0.1, 0.15) is 5.75 Å². The van der Waals surface area contributed by atoms with Crippen LogP contribution in [0, 0.1) is 10.7 Å². The number of aryl methyl sites for hydroxylation is 1. The van der Waals surface area contributed by atoms with Crippen molar-refractivity contribution in [2.24, 2.45) is 11.0 Å². The Morgan fingerprint density at radius 2 is 2.17 bits per heavy atom. The Hall–Kier alpha value is -1.47. The zero-order valence-corrected chi connectivity index (χ0v) is 15.8. The second kappa shape index (κ2) is 8.07. The third-order valence-corrected chi connectivity index (χ3v) is 5.28. The topological polar surface area (TPSA) is 66.2 Å². The molecule has 1 aliphatic rings. The maximum Gasteiger partial charge on any atom is 0.216 e. The first kappa shape index (κ1) is 17.4. The molecule has 2 N–H and O–H groups in total. The monoisotopic (exact) mass is 408 g/mol. The molecular weight excluding hydrogens is 388 g/mol. The minimum atomic E-state index is 0.181. The smallest absolute Gasteiger partial charge is 0.216 e. The van der Waals surface area contributed by atoms with E-state index in [-0.39, 0.29) is 5.75 Å². The van der Waals surface area contributed by atoms with E-state index in [9.17, 15) is 5.11 Å². The molecule has 0 spiro atoms. The van der Waals surface area contributed by atoms with Gasteiger partial charge >= 0.3 is 0 Å². The molecule has 2 aromatic rings. The van der Waals surface area contributed by atoms with Crippen LogP contribution in [0.25, 0.3) is 0 Å². The maximum atomic E-state index is 9.90. The number of rotatable bonds is 5. The minimum Gasteiger partial charge on any atom is -0.507 e. The van der Waals surface area contributed by atoms with Crippen LogP contribution in [0.5, 0.6) is 5.75 Å². The lowest BCUT2D eigenvalue weighted by Gasteiger charge is -2.20. The molecule has 0 amide bonds. The van der Waals surface area contributed by atoms with Crippen LogP contribution in [0.3, 0.4) is 0 Å². The third kappa shape index (κ3) is 4.33. The molecule has 128 valence electrons. The van der Waals surface area contributed by atoms with Crippen molar-refractivity contribution in [2.75, 3.05) is 0 Å². The number of benzene rings is 1. The van der Waals surface area contributed by atoms with Crippen molar-refractivity contribution in [1.82, 2.24) is 14.9 Å². The van der Waals surface area contributed by atoms with Crippen molar-refractivity contribution >= 4 is 34.4 Å². The van der Waals surface area contributed by atoms with E-state index in [1.54, 1.807) is 23.0 Å². The van der Waals surface area contributed by atoms with Gasteiger partial charge in [-0.25, -0.2) is 0 Å². The molecule has 0 aliphatic heterocycles. The summed E-state index contributed by atoms with van der Waals surface area (Å²) in [4.78, 5) is 0. The van der Waals surface area contributed by atoms with Crippen LogP contribution in [0.15, 0.2) is 27.8 Å². The molecule has 1 aliphatic carbocycles. The normalized spacial score (nSPS) is 16.0. The van der Waals surface area contributed by atoms with Crippen molar-refractivity contribution in [2.45, 2.75) is 44.9 Å². The van der Waals surface area contributed by atoms with Crippen LogP contribution < -0.4 is 0 Å². The molecule has 1 fully saturated rings. The average molecular weight is 409 g/mol. The Morgan fingerprint density at radius 1 is 1.38 bits per heavy atom. The first-order valence-electron chi connectivity index (χ1n) is 8.32. The molecule has 0 atom stereocenters. The van der Waals surface area contributed by atoms with Gasteiger partial charge in [-0.15, -0.1) is 0 Å². The van der Waals surface area contributed by atoms with Gasteiger partial charge in [0.2, 0.25) is 4.77 Å². The molecular formula is C17H21BrN4OS. The van der Waals surface area contributed by atoms with Gasteiger partial charge in [-0.3, -0.25) is 5.10 Å². The Labute approximate surface area is 154 Å². The number of phenols is 1. The standard InChI is InChI=1S/C17H21BrN4OS/c18-14-7-8-15(23)13(10-14)11-19-22-16(20-21-17(22)24)9-6-12-4-2-1-3-5-12/h7-8,10-12,23H,1-6,9H2,(H,21,24)/b19-11+. The first-order chi connectivity index (χ1) is 11.6. The molecule has 1 saturated carbocycles. The summed E-state index contributed by atoms with van der Waals surface area (Å²) in [5.74, 6) is 1.81. The fourth-order valence-corrected chi connectivity index (χ4v) is 3.74. The fraction of sp³-hybridized carbons (Fsp3) is 0.471. The van der Waals surface area contributed by atoms with E-state index < -0.39 is 0 Å². The molecule has 5 nitrogen and oxygen atoms in total. The number of hydrogen-bond acceptors (Lipinski definition) is 4. The largest absolute Gasteiger partial charge is 0.507 e. The van der Waals surface area contributed by atoms with Gasteiger partial charge < -0.3 is 5.11 Å². The summed E-state index contributed by atoms with van der Waals surface area (Å²) in [6.07, 6.45) is 10.3. The summed E-state index contributed by atoms with van der Waals surface area (Å²) in [5, 5.41) is 21.4. The van der Waals surface area contributed by atoms with E-state index in [0.717, 1.165) is 29.1 Å². The van der Waals surface area contributed by atoms with Gasteiger partial charge in [-0.05, 0) is 42.8 Å². The molecule has 1 aromatic carbocycles. The number of aromatic nitrogens is 3. The van der Waals surface area contributed by atoms with Gasteiger partial charge in [0.05, 0.1) is 6.21 Å². The maximum absolute atomic E-state index is 9.90. The van der Waals surface area contributed by atoms with E-state index in [1.807, 2.05) is 6.07 Å². The predicted octanol–water partition coefficient (Wildman–Crippen LogP) is 4.80. The van der Waals surface area contributed by atoms with Crippen molar-refractivity contribution in [1.29, 1.82) is 0 Å². The SMILES string of the molecule is Oc1ccc(Br)cc1/C=N/n1c(CCC2CCCCC2)n[nH]c1=S. The molecule has 1 heterocycles. The summed E-state index contributed by atoms with van der Waals surface area (Å²) in [7, 11) is 0. The van der Waals surface area contributed by atoms with Crippen LogP contribution >= 0.6 is 28.1 Å². The van der Waals surface area contributed by atoms with E-state index in [0.29, 0.717) is 10.3 Å². The van der Waals surface area contributed by atoms with E-state index >= 15 is 0 Å². The van der Waals surface area contributed by atoms with Crippen molar-refractivity contribution in [3.63, 3.8) is 0 Å². The number of aromatic amines is 1. The molecule has 3 rings (SSSR count). The molecule has 1 aromatic heterocycles. The number of H-pyrrole nitrogens is 1. The summed E-state index contributed by atoms with van der Waals surface area (Å²) >= 11 is 8.67. The molecule has 0 unspecified atom stereocenters. The lowest BCUT2D eigenvalue weighted by molar-refractivity contribution is 0.336. The Balaban J connectivity index is 1.73. The highest BCUT2D eigenvalue weighted by atomic mass is 79.9. The van der Waals surface area contributed by atoms with E-state index in [4.69, 9.17) is 12.2 Å². The summed E-state index contributed by atoms with van der Waals surface area (Å²) in [6.45, 7) is 0. The van der Waals surface area contributed by atoms with E-state index in [1.165, 1.54) is 32.1 Å². The molecule has 0 bridgehead atoms. The van der Waals surface area contributed by atoms with Crippen LogP contribution in [0.1, 0.15) is 49.9 Å². The molecule has 0 radical (unpaired) electrons. The lowest BCUT2D eigenvalue weighted by atomic mass is 9.86. The van der Waals surface area contributed by atoms with Crippen LogP contribution in [-0.4, -0.2) is 26.2 Å². The zero-order valence-electron chi connectivity index (χ0n) is 13.4. The third-order valence-electron chi connectivity index (χ3n) is 4.52. The number of nitrogens with one attached hydrogen (secondary N) is 1. The quantitative estimate of drug-likeness (QED) is 0.551. The summed E-state index contributed by atoms with van der Waals surface area (Å²) < 4.78 is 3.01. The fourth-order valence-electron chi connectivity index (χ4n) is 3.16. The Kier molecular flexibility index (Phi) is 5.84. The number of phenolic OH excluding ortho intramolecular Hbond substituents is 1. The zero-order chi connectivity index (χ0) is 16.9. The highest BCUT2D eigenvalue weighted by Crippen LogP contribution is 2.27. The van der Waals surface area contributed by atoms with Crippen LogP contribution in [-0.2, 0) is 6.42 Å². The minimum absolute atomic E-state index is 0.181. The van der Waals surface area contributed by atoms with Gasteiger partial charge in [-0.2, -0.15) is 14.9 Å². The van der Waals surface area contributed by atoms with Crippen molar-refractivity contribution in [3.8, 4) is 5.75 Å². The predicted molar refractivity (Wildman–Crippen MR) is 101 cm³/mol. The van der Waals surface area contributed by atoms with Gasteiger partial charge in [0, 0.05) is 16.5 Å². The second-order valence-electron chi connectivity index (χ2n) is 6.25. The molecule has 24 heavy (non-hydrogen) atoms. The molecule has 0 saturated heterocycles. The summed E-state index contributed by atoms with van der Waals surface area (Å²) in [6, 6.07) is 5.22.